The Morgan fingerprint density at radius 2 is 0.900 bits per heavy atom. The zero-order valence-corrected chi connectivity index (χ0v) is 10.4. The summed E-state index contributed by atoms with van der Waals surface area (Å²) in [6.45, 7) is -1.38. The molecule has 0 aliphatic rings. The highest BCUT2D eigenvalue weighted by molar-refractivity contribution is 5.57. The molecular formula is C10H20O10. The number of hydrogen-bond donors (Lipinski definition) is 8. The van der Waals surface area contributed by atoms with Gasteiger partial charge in [-0.2, -0.15) is 0 Å². The third-order valence-corrected chi connectivity index (χ3v) is 2.14. The Bertz CT molecular complexity index is 234. The molecule has 20 heavy (non-hydrogen) atoms. The van der Waals surface area contributed by atoms with Crippen LogP contribution in [-0.2, 0) is 9.59 Å². The van der Waals surface area contributed by atoms with Gasteiger partial charge in [-0.15, -0.1) is 0 Å². The van der Waals surface area contributed by atoms with E-state index in [9.17, 15) is 9.59 Å². The molecule has 0 rings (SSSR count). The van der Waals surface area contributed by atoms with Crippen molar-refractivity contribution in [2.75, 3.05) is 13.2 Å². The summed E-state index contributed by atoms with van der Waals surface area (Å²) in [7, 11) is 0. The number of aldehydes is 2. The Balaban J connectivity index is 0. The highest BCUT2D eigenvalue weighted by atomic mass is 16.4. The summed E-state index contributed by atoms with van der Waals surface area (Å²) >= 11 is 0. The fraction of sp³-hybridized carbons (Fsp3) is 0.800. The number of carbonyl (C=O) groups is 2. The van der Waals surface area contributed by atoms with Gasteiger partial charge in [0, 0.05) is 0 Å². The predicted molar refractivity (Wildman–Crippen MR) is 62.3 cm³/mol. The second kappa shape index (κ2) is 11.8. The molecule has 0 saturated heterocycles. The first kappa shape index (κ1) is 21.3. The minimum absolute atomic E-state index is 0.0869. The van der Waals surface area contributed by atoms with Gasteiger partial charge in [-0.3, -0.25) is 0 Å². The number of aliphatic hydroxyl groups excluding tert-OH is 8. The van der Waals surface area contributed by atoms with Gasteiger partial charge in [0.1, 0.15) is 36.6 Å². The van der Waals surface area contributed by atoms with Crippen LogP contribution in [0.3, 0.4) is 0 Å². The Kier molecular flexibility index (Phi) is 12.6. The maximum absolute atomic E-state index is 9.76. The molecule has 120 valence electrons. The molecule has 0 spiro atoms. The van der Waals surface area contributed by atoms with Crippen molar-refractivity contribution in [2.24, 2.45) is 0 Å². The van der Waals surface area contributed by atoms with Crippen LogP contribution >= 0.6 is 0 Å². The van der Waals surface area contributed by atoms with E-state index in [4.69, 9.17) is 40.9 Å². The zero-order valence-electron chi connectivity index (χ0n) is 10.4. The largest absolute Gasteiger partial charge is 0.394 e. The van der Waals surface area contributed by atoms with Crippen LogP contribution < -0.4 is 0 Å². The van der Waals surface area contributed by atoms with Gasteiger partial charge in [-0.05, 0) is 0 Å². The van der Waals surface area contributed by atoms with Gasteiger partial charge in [0.15, 0.2) is 12.6 Å². The van der Waals surface area contributed by atoms with Crippen molar-refractivity contribution < 1.29 is 50.4 Å². The van der Waals surface area contributed by atoms with E-state index in [1.54, 1.807) is 0 Å². The fourth-order valence-corrected chi connectivity index (χ4v) is 0.832. The van der Waals surface area contributed by atoms with Crippen molar-refractivity contribution >= 4 is 12.6 Å². The average molecular weight is 300 g/mol. The van der Waals surface area contributed by atoms with Crippen molar-refractivity contribution in [3.8, 4) is 0 Å². The van der Waals surface area contributed by atoms with Crippen LogP contribution in [0.4, 0.5) is 0 Å². The van der Waals surface area contributed by atoms with E-state index in [1.165, 1.54) is 0 Å². The summed E-state index contributed by atoms with van der Waals surface area (Å²) in [5.74, 6) is 0. The van der Waals surface area contributed by atoms with Crippen LogP contribution in [0.15, 0.2) is 0 Å². The lowest BCUT2D eigenvalue weighted by Crippen LogP contribution is -2.40. The van der Waals surface area contributed by atoms with Crippen LogP contribution in [0, 0.1) is 0 Å². The first-order valence-electron chi connectivity index (χ1n) is 5.47. The van der Waals surface area contributed by atoms with Crippen molar-refractivity contribution in [1.82, 2.24) is 0 Å². The van der Waals surface area contributed by atoms with Gasteiger partial charge < -0.3 is 50.4 Å². The molecule has 0 aromatic heterocycles. The maximum Gasteiger partial charge on any atom is 0.151 e. The standard InChI is InChI=1S/2C5H10O5/c2*6-1-3(8)5(10)4(9)2-7/h2*1,3-5,7-10H,2H2/t2*3-,4+,5-/m11/s1. The van der Waals surface area contributed by atoms with E-state index < -0.39 is 49.8 Å². The smallest absolute Gasteiger partial charge is 0.151 e. The van der Waals surface area contributed by atoms with E-state index in [1.807, 2.05) is 0 Å². The van der Waals surface area contributed by atoms with E-state index in [0.29, 0.717) is 0 Å². The molecule has 0 aromatic rings. The third-order valence-electron chi connectivity index (χ3n) is 2.14. The highest BCUT2D eigenvalue weighted by Crippen LogP contribution is 1.97. The van der Waals surface area contributed by atoms with Gasteiger partial charge in [0.2, 0.25) is 0 Å². The Labute approximate surface area is 114 Å². The number of hydrogen-bond acceptors (Lipinski definition) is 10. The summed E-state index contributed by atoms with van der Waals surface area (Å²) in [5, 5.41) is 68.1. The van der Waals surface area contributed by atoms with Crippen LogP contribution in [0.1, 0.15) is 0 Å². The van der Waals surface area contributed by atoms with Gasteiger partial charge in [-0.1, -0.05) is 0 Å². The molecule has 0 amide bonds. The summed E-state index contributed by atoms with van der Waals surface area (Å²) < 4.78 is 0. The second-order valence-corrected chi connectivity index (χ2v) is 3.73. The lowest BCUT2D eigenvalue weighted by Gasteiger charge is -2.16. The molecule has 10 heteroatoms. The minimum atomic E-state index is -1.64. The highest BCUT2D eigenvalue weighted by Gasteiger charge is 2.23. The molecule has 0 unspecified atom stereocenters. The topological polar surface area (TPSA) is 196 Å². The van der Waals surface area contributed by atoms with Gasteiger partial charge >= 0.3 is 0 Å². The van der Waals surface area contributed by atoms with Crippen molar-refractivity contribution in [2.45, 2.75) is 36.6 Å². The quantitative estimate of drug-likeness (QED) is 0.200. The molecule has 0 aliphatic carbocycles. The molecule has 0 aliphatic heterocycles. The van der Waals surface area contributed by atoms with Crippen LogP contribution in [0.25, 0.3) is 0 Å². The third kappa shape index (κ3) is 8.24. The molecule has 0 fully saturated rings. The lowest BCUT2D eigenvalue weighted by atomic mass is 10.1. The fourth-order valence-electron chi connectivity index (χ4n) is 0.832. The SMILES string of the molecule is O=C[C@@H](O)[C@@H](O)[C@@H](O)CO.O=C[C@@H](O)[C@@H](O)[C@@H](O)CO. The van der Waals surface area contributed by atoms with Crippen LogP contribution in [0.2, 0.25) is 0 Å². The summed E-state index contributed by atoms with van der Waals surface area (Å²) in [5.41, 5.74) is 0. The lowest BCUT2D eigenvalue weighted by molar-refractivity contribution is -0.128. The number of rotatable bonds is 8. The molecule has 8 N–H and O–H groups in total. The van der Waals surface area contributed by atoms with E-state index >= 15 is 0 Å². The molecule has 0 saturated carbocycles. The summed E-state index contributed by atoms with van der Waals surface area (Å²) in [6.07, 6.45) is -9.26. The normalized spacial score (nSPS) is 19.6. The predicted octanol–water partition coefficient (Wildman–Crippen LogP) is -5.48. The number of aliphatic hydroxyl groups is 8. The monoisotopic (exact) mass is 300 g/mol. The molecule has 0 aromatic carbocycles. The second-order valence-electron chi connectivity index (χ2n) is 3.73. The van der Waals surface area contributed by atoms with Crippen molar-refractivity contribution in [1.29, 1.82) is 0 Å². The Morgan fingerprint density at radius 1 is 0.650 bits per heavy atom. The van der Waals surface area contributed by atoms with Crippen LogP contribution in [-0.4, -0.2) is 103 Å². The molecule has 0 bridgehead atoms. The van der Waals surface area contributed by atoms with Crippen molar-refractivity contribution in [3.63, 3.8) is 0 Å². The van der Waals surface area contributed by atoms with Crippen molar-refractivity contribution in [3.05, 3.63) is 0 Å². The molecular weight excluding hydrogens is 280 g/mol. The van der Waals surface area contributed by atoms with Gasteiger partial charge in [0.25, 0.3) is 0 Å². The van der Waals surface area contributed by atoms with Gasteiger partial charge in [0.05, 0.1) is 13.2 Å². The van der Waals surface area contributed by atoms with Gasteiger partial charge in [-0.25, -0.2) is 0 Å². The molecule has 0 radical (unpaired) electrons. The minimum Gasteiger partial charge on any atom is -0.394 e. The molecule has 6 atom stereocenters. The van der Waals surface area contributed by atoms with E-state index in [0.717, 1.165) is 0 Å². The zero-order chi connectivity index (χ0) is 16.3. The van der Waals surface area contributed by atoms with E-state index in [-0.39, 0.29) is 12.6 Å². The average Bonchev–Trinajstić information content (AvgIpc) is 2.50. The van der Waals surface area contributed by atoms with Crippen LogP contribution in [0.5, 0.6) is 0 Å². The van der Waals surface area contributed by atoms with E-state index in [2.05, 4.69) is 0 Å². The molecule has 0 heterocycles. The molecule has 10 nitrogen and oxygen atoms in total. The first-order chi connectivity index (χ1) is 9.26. The first-order valence-corrected chi connectivity index (χ1v) is 5.47. The number of carbonyl (C=O) groups excluding carboxylic acids is 2. The Hall–Kier alpha value is -0.980. The summed E-state index contributed by atoms with van der Waals surface area (Å²) in [6, 6.07) is 0. The maximum atomic E-state index is 9.76. The summed E-state index contributed by atoms with van der Waals surface area (Å²) in [4.78, 5) is 19.5. The Morgan fingerprint density at radius 3 is 1.05 bits per heavy atom.